The van der Waals surface area contributed by atoms with Crippen molar-refractivity contribution in [1.82, 2.24) is 4.98 Å². The van der Waals surface area contributed by atoms with Crippen molar-refractivity contribution in [2.75, 3.05) is 28.4 Å². The van der Waals surface area contributed by atoms with E-state index in [-0.39, 0.29) is 5.69 Å². The molecule has 0 fully saturated rings. The molecule has 150 valence electrons. The normalized spacial score (nSPS) is 10.9. The summed E-state index contributed by atoms with van der Waals surface area (Å²) in [6.07, 6.45) is 0. The second-order valence-electron chi connectivity index (χ2n) is 5.77. The number of carbonyl (C=O) groups is 1. The number of ether oxygens (including phenoxy) is 4. The van der Waals surface area contributed by atoms with Gasteiger partial charge in [0.2, 0.25) is 5.75 Å². The van der Waals surface area contributed by atoms with Gasteiger partial charge in [-0.15, -0.1) is 5.11 Å². The molecule has 0 unspecified atom stereocenters. The fraction of sp³-hybridized carbons (Fsp3) is 0.200. The van der Waals surface area contributed by atoms with E-state index < -0.39 is 5.97 Å². The number of rotatable bonds is 7. The minimum atomic E-state index is -1.13. The Labute approximate surface area is 166 Å². The van der Waals surface area contributed by atoms with Crippen molar-refractivity contribution in [3.8, 4) is 23.0 Å². The summed E-state index contributed by atoms with van der Waals surface area (Å²) in [7, 11) is 6.03. The minimum absolute atomic E-state index is 0.0884. The number of aromatic nitrogens is 1. The van der Waals surface area contributed by atoms with Crippen molar-refractivity contribution in [3.05, 3.63) is 42.1 Å². The quantitative estimate of drug-likeness (QED) is 0.589. The molecule has 0 atom stereocenters. The first-order valence-corrected chi connectivity index (χ1v) is 8.45. The van der Waals surface area contributed by atoms with Crippen LogP contribution in [0.25, 0.3) is 10.9 Å². The van der Waals surface area contributed by atoms with Crippen molar-refractivity contribution >= 4 is 28.2 Å². The predicted molar refractivity (Wildman–Crippen MR) is 106 cm³/mol. The molecule has 9 nitrogen and oxygen atoms in total. The Hall–Kier alpha value is -3.88. The second-order valence-corrected chi connectivity index (χ2v) is 5.77. The van der Waals surface area contributed by atoms with E-state index in [4.69, 9.17) is 18.9 Å². The van der Waals surface area contributed by atoms with Crippen LogP contribution in [0.1, 0.15) is 10.5 Å². The van der Waals surface area contributed by atoms with Crippen molar-refractivity contribution in [3.63, 3.8) is 0 Å². The van der Waals surface area contributed by atoms with Crippen LogP contribution in [0, 0.1) is 0 Å². The Morgan fingerprint density at radius 2 is 1.52 bits per heavy atom. The lowest BCUT2D eigenvalue weighted by molar-refractivity contribution is 0.0691. The van der Waals surface area contributed by atoms with Gasteiger partial charge in [0.25, 0.3) is 0 Å². The summed E-state index contributed by atoms with van der Waals surface area (Å²) in [4.78, 5) is 15.4. The van der Waals surface area contributed by atoms with Crippen LogP contribution in [0.3, 0.4) is 0 Å². The van der Waals surface area contributed by atoms with Gasteiger partial charge in [0.05, 0.1) is 39.8 Å². The molecule has 3 aromatic rings. The van der Waals surface area contributed by atoms with Gasteiger partial charge < -0.3 is 24.1 Å². The summed E-state index contributed by atoms with van der Waals surface area (Å²) >= 11 is 0. The van der Waals surface area contributed by atoms with Crippen LogP contribution in [-0.4, -0.2) is 44.5 Å². The van der Waals surface area contributed by atoms with Gasteiger partial charge in [-0.3, -0.25) is 0 Å². The monoisotopic (exact) mass is 397 g/mol. The number of hydrogen-bond donors (Lipinski definition) is 1. The zero-order valence-electron chi connectivity index (χ0n) is 16.3. The predicted octanol–water partition coefficient (Wildman–Crippen LogP) is 4.38. The minimum Gasteiger partial charge on any atom is -0.494 e. The molecule has 1 N–H and O–H groups in total. The molecule has 9 heteroatoms. The molecule has 0 saturated heterocycles. The molecule has 0 aliphatic rings. The third kappa shape index (κ3) is 3.88. The van der Waals surface area contributed by atoms with Crippen LogP contribution in [0.15, 0.2) is 46.6 Å². The first-order valence-electron chi connectivity index (χ1n) is 8.45. The van der Waals surface area contributed by atoms with Gasteiger partial charge in [-0.2, -0.15) is 5.11 Å². The summed E-state index contributed by atoms with van der Waals surface area (Å²) in [5.74, 6) is 0.670. The summed E-state index contributed by atoms with van der Waals surface area (Å²) in [6, 6.07) is 9.73. The van der Waals surface area contributed by atoms with Crippen LogP contribution in [0.5, 0.6) is 23.0 Å². The van der Waals surface area contributed by atoms with E-state index in [1.54, 1.807) is 30.3 Å². The van der Waals surface area contributed by atoms with Crippen molar-refractivity contribution in [2.24, 2.45) is 10.2 Å². The maximum atomic E-state index is 11.2. The number of pyridine rings is 1. The largest absolute Gasteiger partial charge is 0.494 e. The maximum Gasteiger partial charge on any atom is 0.354 e. The van der Waals surface area contributed by atoms with E-state index >= 15 is 0 Å². The Morgan fingerprint density at radius 3 is 2.07 bits per heavy atom. The van der Waals surface area contributed by atoms with Gasteiger partial charge in [-0.25, -0.2) is 9.78 Å². The van der Waals surface area contributed by atoms with Crippen molar-refractivity contribution in [2.45, 2.75) is 0 Å². The Balaban J connectivity index is 2.08. The lowest BCUT2D eigenvalue weighted by Crippen LogP contribution is -2.00. The first-order chi connectivity index (χ1) is 14.0. The number of fused-ring (bicyclic) bond motifs is 1. The number of methoxy groups -OCH3 is 4. The van der Waals surface area contributed by atoms with E-state index in [2.05, 4.69) is 15.2 Å². The average molecular weight is 397 g/mol. The van der Waals surface area contributed by atoms with E-state index in [1.807, 2.05) is 0 Å². The molecular weight excluding hydrogens is 378 g/mol. The molecular formula is C20H19N3O6. The first kappa shape index (κ1) is 19.9. The van der Waals surface area contributed by atoms with Gasteiger partial charge in [0, 0.05) is 17.5 Å². The lowest BCUT2D eigenvalue weighted by Gasteiger charge is -2.12. The van der Waals surface area contributed by atoms with E-state index in [1.165, 1.54) is 34.5 Å². The zero-order chi connectivity index (χ0) is 21.0. The molecule has 0 saturated carbocycles. The smallest absolute Gasteiger partial charge is 0.354 e. The topological polar surface area (TPSA) is 112 Å². The molecule has 1 heterocycles. The standard InChI is InChI=1S/C20H19N3O6/c1-26-15-8-7-13(12-5-6-14(20(24)25)21-18(12)15)23-22-11-9-16(27-2)19(29-4)17(10-11)28-3/h5-10H,1-4H3,(H,24,25)/b23-22+. The summed E-state index contributed by atoms with van der Waals surface area (Å²) in [5.41, 5.74) is 1.28. The van der Waals surface area contributed by atoms with E-state index in [0.717, 1.165) is 0 Å². The second kappa shape index (κ2) is 8.42. The van der Waals surface area contributed by atoms with Crippen LogP contribution in [-0.2, 0) is 0 Å². The average Bonchev–Trinajstić information content (AvgIpc) is 2.75. The molecule has 0 radical (unpaired) electrons. The lowest BCUT2D eigenvalue weighted by atomic mass is 10.1. The highest BCUT2D eigenvalue weighted by Gasteiger charge is 2.14. The molecule has 0 amide bonds. The zero-order valence-corrected chi connectivity index (χ0v) is 16.3. The fourth-order valence-corrected chi connectivity index (χ4v) is 2.78. The van der Waals surface area contributed by atoms with E-state index in [9.17, 15) is 9.90 Å². The van der Waals surface area contributed by atoms with Gasteiger partial charge in [0.15, 0.2) is 11.5 Å². The molecule has 2 aromatic carbocycles. The van der Waals surface area contributed by atoms with Gasteiger partial charge in [-0.1, -0.05) is 0 Å². The van der Waals surface area contributed by atoms with Crippen molar-refractivity contribution < 1.29 is 28.8 Å². The van der Waals surface area contributed by atoms with Crippen LogP contribution >= 0.6 is 0 Å². The van der Waals surface area contributed by atoms with Crippen LogP contribution < -0.4 is 18.9 Å². The van der Waals surface area contributed by atoms with Gasteiger partial charge in [0.1, 0.15) is 17.0 Å². The highest BCUT2D eigenvalue weighted by atomic mass is 16.5. The summed E-state index contributed by atoms with van der Waals surface area (Å²) in [5, 5.41) is 18.3. The number of aromatic carboxylic acids is 1. The molecule has 0 spiro atoms. The number of azo groups is 1. The maximum absolute atomic E-state index is 11.2. The fourth-order valence-electron chi connectivity index (χ4n) is 2.78. The SMILES string of the molecule is COc1cc(/N=N/c2ccc(OC)c3nc(C(=O)O)ccc23)cc(OC)c1OC. The van der Waals surface area contributed by atoms with Gasteiger partial charge in [-0.05, 0) is 24.3 Å². The van der Waals surface area contributed by atoms with Crippen LogP contribution in [0.2, 0.25) is 0 Å². The molecule has 3 rings (SSSR count). The highest BCUT2D eigenvalue weighted by molar-refractivity contribution is 5.97. The summed E-state index contributed by atoms with van der Waals surface area (Å²) in [6.45, 7) is 0. The number of nitrogens with zero attached hydrogens (tertiary/aromatic N) is 3. The van der Waals surface area contributed by atoms with Crippen molar-refractivity contribution in [1.29, 1.82) is 0 Å². The molecule has 0 aliphatic heterocycles. The number of carboxylic acid groups (broad SMARTS) is 1. The van der Waals surface area contributed by atoms with E-state index in [0.29, 0.717) is 45.3 Å². The number of carboxylic acids is 1. The Kier molecular flexibility index (Phi) is 5.77. The molecule has 0 aliphatic carbocycles. The highest BCUT2D eigenvalue weighted by Crippen LogP contribution is 2.41. The molecule has 1 aromatic heterocycles. The third-order valence-corrected chi connectivity index (χ3v) is 4.16. The molecule has 0 bridgehead atoms. The Bertz CT molecular complexity index is 1070. The van der Waals surface area contributed by atoms with Gasteiger partial charge >= 0.3 is 5.97 Å². The number of hydrogen-bond acceptors (Lipinski definition) is 8. The van der Waals surface area contributed by atoms with Crippen LogP contribution in [0.4, 0.5) is 11.4 Å². The third-order valence-electron chi connectivity index (χ3n) is 4.16. The summed E-state index contributed by atoms with van der Waals surface area (Å²) < 4.78 is 21.2. The molecule has 29 heavy (non-hydrogen) atoms. The Morgan fingerprint density at radius 1 is 0.862 bits per heavy atom. The number of benzene rings is 2.